The van der Waals surface area contributed by atoms with Gasteiger partial charge in [-0.1, -0.05) is 25.1 Å². The molecule has 0 aliphatic heterocycles. The average Bonchev–Trinajstić information content (AvgIpc) is 2.46. The molecule has 1 rings (SSSR count). The Morgan fingerprint density at radius 1 is 1.05 bits per heavy atom. The minimum atomic E-state index is -0.743. The van der Waals surface area contributed by atoms with Gasteiger partial charge in [-0.2, -0.15) is 0 Å². The molecule has 0 saturated carbocycles. The second kappa shape index (κ2) is 6.74. The van der Waals surface area contributed by atoms with Gasteiger partial charge in [0.25, 0.3) is 0 Å². The molecule has 1 aromatic carbocycles. The molecule has 0 N–H and O–H groups in total. The minimum absolute atomic E-state index is 0.324. The molecule has 21 heavy (non-hydrogen) atoms. The molecule has 1 unspecified atom stereocenters. The van der Waals surface area contributed by atoms with Crippen molar-refractivity contribution in [2.24, 2.45) is 10.8 Å². The van der Waals surface area contributed by atoms with Crippen molar-refractivity contribution in [1.29, 1.82) is 0 Å². The summed E-state index contributed by atoms with van der Waals surface area (Å²) in [5.41, 5.74) is -1.48. The van der Waals surface area contributed by atoms with Gasteiger partial charge in [0.1, 0.15) is 5.75 Å². The molecule has 0 amide bonds. The van der Waals surface area contributed by atoms with Gasteiger partial charge in [-0.3, -0.25) is 9.59 Å². The standard InChI is InChI=1S/C17H24O4/c1-6-17(4,12-16(2,3)14(18)20-5)15(19)21-13-10-8-7-9-11-13/h7-11H,6,12H2,1-5H3. The van der Waals surface area contributed by atoms with E-state index in [9.17, 15) is 9.59 Å². The lowest BCUT2D eigenvalue weighted by atomic mass is 9.72. The van der Waals surface area contributed by atoms with Crippen LogP contribution in [0, 0.1) is 10.8 Å². The zero-order chi connectivity index (χ0) is 16.1. The first-order valence-electron chi connectivity index (χ1n) is 7.11. The largest absolute Gasteiger partial charge is 0.469 e. The number of hydrogen-bond acceptors (Lipinski definition) is 4. The Kier molecular flexibility index (Phi) is 5.53. The number of rotatable bonds is 6. The summed E-state index contributed by atoms with van der Waals surface area (Å²) in [5, 5.41) is 0. The molecular formula is C17H24O4. The maximum atomic E-state index is 12.5. The molecular weight excluding hydrogens is 268 g/mol. The maximum Gasteiger partial charge on any atom is 0.317 e. The summed E-state index contributed by atoms with van der Waals surface area (Å²) in [5.74, 6) is -0.138. The molecule has 1 aromatic rings. The maximum absolute atomic E-state index is 12.5. The Bertz CT molecular complexity index is 493. The monoisotopic (exact) mass is 292 g/mol. The van der Waals surface area contributed by atoms with Gasteiger partial charge in [-0.15, -0.1) is 0 Å². The fourth-order valence-electron chi connectivity index (χ4n) is 2.38. The normalized spacial score (nSPS) is 14.1. The molecule has 0 fully saturated rings. The van der Waals surface area contributed by atoms with Crippen LogP contribution in [-0.2, 0) is 14.3 Å². The molecule has 0 bridgehead atoms. The number of carbonyl (C=O) groups excluding carboxylic acids is 2. The Balaban J connectivity index is 2.88. The first-order chi connectivity index (χ1) is 9.75. The van der Waals surface area contributed by atoms with E-state index in [1.807, 2.05) is 32.0 Å². The van der Waals surface area contributed by atoms with Gasteiger partial charge in [-0.05, 0) is 45.7 Å². The van der Waals surface area contributed by atoms with Crippen LogP contribution in [0.4, 0.5) is 0 Å². The predicted octanol–water partition coefficient (Wildman–Crippen LogP) is 3.60. The highest BCUT2D eigenvalue weighted by Crippen LogP contribution is 2.38. The Hall–Kier alpha value is -1.84. The molecule has 0 aliphatic rings. The van der Waals surface area contributed by atoms with Crippen LogP contribution >= 0.6 is 0 Å². The Labute approximate surface area is 126 Å². The zero-order valence-electron chi connectivity index (χ0n) is 13.4. The van der Waals surface area contributed by atoms with E-state index in [4.69, 9.17) is 9.47 Å². The summed E-state index contributed by atoms with van der Waals surface area (Å²) in [4.78, 5) is 24.3. The van der Waals surface area contributed by atoms with Crippen LogP contribution in [0.5, 0.6) is 5.75 Å². The van der Waals surface area contributed by atoms with Crippen molar-refractivity contribution in [2.75, 3.05) is 7.11 Å². The third-order valence-electron chi connectivity index (χ3n) is 3.80. The van der Waals surface area contributed by atoms with Crippen molar-refractivity contribution in [1.82, 2.24) is 0 Å². The molecule has 0 spiro atoms. The lowest BCUT2D eigenvalue weighted by Gasteiger charge is -2.33. The van der Waals surface area contributed by atoms with Crippen molar-refractivity contribution in [3.05, 3.63) is 30.3 Å². The SMILES string of the molecule is CCC(C)(CC(C)(C)C(=O)OC)C(=O)Oc1ccccc1. The van der Waals surface area contributed by atoms with Gasteiger partial charge in [-0.25, -0.2) is 0 Å². The van der Waals surface area contributed by atoms with Crippen LogP contribution in [0.15, 0.2) is 30.3 Å². The van der Waals surface area contributed by atoms with Crippen LogP contribution < -0.4 is 4.74 Å². The number of para-hydroxylation sites is 1. The quantitative estimate of drug-likeness (QED) is 0.594. The third kappa shape index (κ3) is 4.31. The topological polar surface area (TPSA) is 52.6 Å². The fraction of sp³-hybridized carbons (Fsp3) is 0.529. The van der Waals surface area contributed by atoms with Crippen LogP contribution in [-0.4, -0.2) is 19.0 Å². The van der Waals surface area contributed by atoms with Crippen LogP contribution in [0.1, 0.15) is 40.5 Å². The van der Waals surface area contributed by atoms with E-state index in [0.29, 0.717) is 18.6 Å². The van der Waals surface area contributed by atoms with Gasteiger partial charge < -0.3 is 9.47 Å². The van der Waals surface area contributed by atoms with E-state index in [2.05, 4.69) is 0 Å². The molecule has 0 aliphatic carbocycles. The van der Waals surface area contributed by atoms with E-state index < -0.39 is 10.8 Å². The molecule has 0 radical (unpaired) electrons. The molecule has 0 aromatic heterocycles. The average molecular weight is 292 g/mol. The number of hydrogen-bond donors (Lipinski definition) is 0. The van der Waals surface area contributed by atoms with E-state index in [0.717, 1.165) is 0 Å². The van der Waals surface area contributed by atoms with Gasteiger partial charge >= 0.3 is 11.9 Å². The lowest BCUT2D eigenvalue weighted by Crippen LogP contribution is -2.39. The van der Waals surface area contributed by atoms with Gasteiger partial charge in [0.15, 0.2) is 0 Å². The van der Waals surface area contributed by atoms with E-state index >= 15 is 0 Å². The van der Waals surface area contributed by atoms with E-state index in [1.54, 1.807) is 26.0 Å². The van der Waals surface area contributed by atoms with Crippen molar-refractivity contribution in [3.63, 3.8) is 0 Å². The number of carbonyl (C=O) groups is 2. The summed E-state index contributed by atoms with van der Waals surface area (Å²) >= 11 is 0. The highest BCUT2D eigenvalue weighted by molar-refractivity contribution is 5.81. The number of methoxy groups -OCH3 is 1. The van der Waals surface area contributed by atoms with E-state index in [1.165, 1.54) is 7.11 Å². The van der Waals surface area contributed by atoms with Crippen molar-refractivity contribution in [2.45, 2.75) is 40.5 Å². The Morgan fingerprint density at radius 3 is 2.10 bits per heavy atom. The van der Waals surface area contributed by atoms with Crippen molar-refractivity contribution >= 4 is 11.9 Å². The van der Waals surface area contributed by atoms with Crippen LogP contribution in [0.25, 0.3) is 0 Å². The molecule has 116 valence electrons. The van der Waals surface area contributed by atoms with E-state index in [-0.39, 0.29) is 11.9 Å². The summed E-state index contributed by atoms with van der Waals surface area (Å²) < 4.78 is 10.3. The van der Waals surface area contributed by atoms with Crippen LogP contribution in [0.3, 0.4) is 0 Å². The highest BCUT2D eigenvalue weighted by Gasteiger charge is 2.42. The molecule has 0 saturated heterocycles. The second-order valence-electron chi connectivity index (χ2n) is 6.17. The zero-order valence-corrected chi connectivity index (χ0v) is 13.4. The molecule has 1 atom stereocenters. The van der Waals surface area contributed by atoms with Crippen LogP contribution in [0.2, 0.25) is 0 Å². The van der Waals surface area contributed by atoms with Crippen molar-refractivity contribution in [3.8, 4) is 5.75 Å². The number of ether oxygens (including phenoxy) is 2. The Morgan fingerprint density at radius 2 is 1.62 bits per heavy atom. The first kappa shape index (κ1) is 17.2. The summed E-state index contributed by atoms with van der Waals surface area (Å²) in [6.07, 6.45) is 0.952. The first-order valence-corrected chi connectivity index (χ1v) is 7.11. The third-order valence-corrected chi connectivity index (χ3v) is 3.80. The van der Waals surface area contributed by atoms with Gasteiger partial charge in [0, 0.05) is 0 Å². The highest BCUT2D eigenvalue weighted by atomic mass is 16.5. The molecule has 4 nitrogen and oxygen atoms in total. The van der Waals surface area contributed by atoms with Crippen molar-refractivity contribution < 1.29 is 19.1 Å². The lowest BCUT2D eigenvalue weighted by molar-refractivity contribution is -0.156. The number of benzene rings is 1. The smallest absolute Gasteiger partial charge is 0.317 e. The second-order valence-corrected chi connectivity index (χ2v) is 6.17. The molecule has 4 heteroatoms. The summed E-state index contributed by atoms with van der Waals surface area (Å²) in [6, 6.07) is 8.95. The fourth-order valence-corrected chi connectivity index (χ4v) is 2.38. The predicted molar refractivity (Wildman–Crippen MR) is 80.9 cm³/mol. The summed E-state index contributed by atoms with van der Waals surface area (Å²) in [7, 11) is 1.36. The number of esters is 2. The molecule has 0 heterocycles. The van der Waals surface area contributed by atoms with Gasteiger partial charge in [0.05, 0.1) is 17.9 Å². The summed E-state index contributed by atoms with van der Waals surface area (Å²) in [6.45, 7) is 7.30. The van der Waals surface area contributed by atoms with Gasteiger partial charge in [0.2, 0.25) is 0 Å². The minimum Gasteiger partial charge on any atom is -0.469 e.